The summed E-state index contributed by atoms with van der Waals surface area (Å²) in [6, 6.07) is 24.4. The van der Waals surface area contributed by atoms with Gasteiger partial charge in [-0.15, -0.1) is 0 Å². The number of anilines is 1. The van der Waals surface area contributed by atoms with Gasteiger partial charge in [-0.1, -0.05) is 42.5 Å². The van der Waals surface area contributed by atoms with Gasteiger partial charge >= 0.3 is 0 Å². The first-order valence-electron chi connectivity index (χ1n) is 8.57. The van der Waals surface area contributed by atoms with Crippen LogP contribution in [0.5, 0.6) is 5.88 Å². The minimum Gasteiger partial charge on any atom is -0.472 e. The lowest BCUT2D eigenvalue weighted by Gasteiger charge is -2.09. The molecule has 1 N–H and O–H groups in total. The van der Waals surface area contributed by atoms with E-state index in [0.29, 0.717) is 18.1 Å². The lowest BCUT2D eigenvalue weighted by Crippen LogP contribution is -2.11. The first-order valence-corrected chi connectivity index (χ1v) is 8.57. The molecule has 0 bridgehead atoms. The molecule has 0 aliphatic carbocycles. The van der Waals surface area contributed by atoms with Crippen molar-refractivity contribution in [2.24, 2.45) is 0 Å². The van der Waals surface area contributed by atoms with Crippen LogP contribution in [0, 0.1) is 0 Å². The molecule has 0 fully saturated rings. The van der Waals surface area contributed by atoms with Crippen LogP contribution in [0.25, 0.3) is 10.9 Å². The Labute approximate surface area is 156 Å². The third kappa shape index (κ3) is 3.93. The standard InChI is InChI=1S/C22H17N3O2/c26-21(25-18-6-2-1-3-7-18)17-12-10-16(11-13-17)14-27-22-19-8-4-5-9-20(19)23-15-24-22/h1-13,15H,14H2,(H,25,26). The Morgan fingerprint density at radius 3 is 2.41 bits per heavy atom. The number of nitrogens with one attached hydrogen (secondary N) is 1. The highest BCUT2D eigenvalue weighted by Gasteiger charge is 2.07. The van der Waals surface area contributed by atoms with Gasteiger partial charge in [0.25, 0.3) is 5.91 Å². The van der Waals surface area contributed by atoms with Crippen LogP contribution in [0.4, 0.5) is 5.69 Å². The van der Waals surface area contributed by atoms with Crippen molar-refractivity contribution in [3.63, 3.8) is 0 Å². The van der Waals surface area contributed by atoms with E-state index < -0.39 is 0 Å². The smallest absolute Gasteiger partial charge is 0.255 e. The van der Waals surface area contributed by atoms with Crippen LogP contribution in [0.3, 0.4) is 0 Å². The molecule has 1 amide bonds. The van der Waals surface area contributed by atoms with E-state index in [0.717, 1.165) is 22.2 Å². The predicted molar refractivity (Wildman–Crippen MR) is 105 cm³/mol. The van der Waals surface area contributed by atoms with Crippen molar-refractivity contribution in [3.8, 4) is 5.88 Å². The van der Waals surface area contributed by atoms with Crippen molar-refractivity contribution in [1.82, 2.24) is 9.97 Å². The number of hydrogen-bond donors (Lipinski definition) is 1. The number of para-hydroxylation sites is 2. The molecule has 5 nitrogen and oxygen atoms in total. The number of fused-ring (bicyclic) bond motifs is 1. The van der Waals surface area contributed by atoms with E-state index in [2.05, 4.69) is 15.3 Å². The van der Waals surface area contributed by atoms with E-state index in [9.17, 15) is 4.79 Å². The number of benzene rings is 3. The van der Waals surface area contributed by atoms with Crippen LogP contribution >= 0.6 is 0 Å². The van der Waals surface area contributed by atoms with E-state index in [-0.39, 0.29) is 5.91 Å². The monoisotopic (exact) mass is 355 g/mol. The van der Waals surface area contributed by atoms with Crippen molar-refractivity contribution in [2.75, 3.05) is 5.32 Å². The molecule has 3 aromatic carbocycles. The molecule has 0 radical (unpaired) electrons. The molecule has 0 saturated heterocycles. The fourth-order valence-corrected chi connectivity index (χ4v) is 2.72. The van der Waals surface area contributed by atoms with Crippen molar-refractivity contribution in [1.29, 1.82) is 0 Å². The van der Waals surface area contributed by atoms with Gasteiger partial charge in [0.1, 0.15) is 12.9 Å². The summed E-state index contributed by atoms with van der Waals surface area (Å²) in [5.41, 5.74) is 3.16. The van der Waals surface area contributed by atoms with E-state index >= 15 is 0 Å². The molecule has 0 aliphatic heterocycles. The molecule has 27 heavy (non-hydrogen) atoms. The zero-order valence-corrected chi connectivity index (χ0v) is 14.5. The van der Waals surface area contributed by atoms with Gasteiger partial charge in [0.2, 0.25) is 5.88 Å². The van der Waals surface area contributed by atoms with Crippen LogP contribution in [-0.4, -0.2) is 15.9 Å². The highest BCUT2D eigenvalue weighted by Crippen LogP contribution is 2.21. The third-order valence-electron chi connectivity index (χ3n) is 4.13. The summed E-state index contributed by atoms with van der Waals surface area (Å²) in [6.45, 7) is 0.363. The molecule has 0 unspecified atom stereocenters. The van der Waals surface area contributed by atoms with Gasteiger partial charge in [0.05, 0.1) is 10.9 Å². The van der Waals surface area contributed by atoms with E-state index in [1.807, 2.05) is 66.7 Å². The SMILES string of the molecule is O=C(Nc1ccccc1)c1ccc(COc2ncnc3ccccc23)cc1. The number of nitrogens with zero attached hydrogens (tertiary/aromatic N) is 2. The summed E-state index contributed by atoms with van der Waals surface area (Å²) in [5, 5.41) is 3.74. The molecular weight excluding hydrogens is 338 g/mol. The molecule has 0 atom stereocenters. The normalized spacial score (nSPS) is 10.5. The minimum atomic E-state index is -0.143. The molecule has 132 valence electrons. The maximum atomic E-state index is 12.3. The summed E-state index contributed by atoms with van der Waals surface area (Å²) < 4.78 is 5.85. The molecule has 0 aliphatic rings. The maximum Gasteiger partial charge on any atom is 0.255 e. The van der Waals surface area contributed by atoms with Gasteiger partial charge in [-0.3, -0.25) is 4.79 Å². The van der Waals surface area contributed by atoms with Crippen LogP contribution < -0.4 is 10.1 Å². The van der Waals surface area contributed by atoms with Crippen LogP contribution in [0.2, 0.25) is 0 Å². The fourth-order valence-electron chi connectivity index (χ4n) is 2.72. The molecule has 0 saturated carbocycles. The number of hydrogen-bond acceptors (Lipinski definition) is 4. The Morgan fingerprint density at radius 1 is 0.852 bits per heavy atom. The number of carbonyl (C=O) groups excluding carboxylic acids is 1. The quantitative estimate of drug-likeness (QED) is 0.574. The number of ether oxygens (including phenoxy) is 1. The number of rotatable bonds is 5. The Kier molecular flexibility index (Phi) is 4.74. The summed E-state index contributed by atoms with van der Waals surface area (Å²) in [6.07, 6.45) is 1.49. The first-order chi connectivity index (χ1) is 13.3. The molecule has 1 aromatic heterocycles. The van der Waals surface area contributed by atoms with Crippen LogP contribution in [0.1, 0.15) is 15.9 Å². The Hall–Kier alpha value is -3.73. The van der Waals surface area contributed by atoms with Gasteiger partial charge in [0.15, 0.2) is 0 Å². The summed E-state index contributed by atoms with van der Waals surface area (Å²) in [4.78, 5) is 20.7. The zero-order chi connectivity index (χ0) is 18.5. The first kappa shape index (κ1) is 16.7. The topological polar surface area (TPSA) is 64.1 Å². The third-order valence-corrected chi connectivity index (χ3v) is 4.13. The fraction of sp³-hybridized carbons (Fsp3) is 0.0455. The maximum absolute atomic E-state index is 12.3. The average molecular weight is 355 g/mol. The van der Waals surface area contributed by atoms with E-state index in [1.165, 1.54) is 6.33 Å². The Morgan fingerprint density at radius 2 is 1.59 bits per heavy atom. The second-order valence-electron chi connectivity index (χ2n) is 6.00. The molecular formula is C22H17N3O2. The minimum absolute atomic E-state index is 0.143. The average Bonchev–Trinajstić information content (AvgIpc) is 2.73. The lowest BCUT2D eigenvalue weighted by atomic mass is 10.1. The summed E-state index contributed by atoms with van der Waals surface area (Å²) >= 11 is 0. The van der Waals surface area contributed by atoms with Gasteiger partial charge in [-0.05, 0) is 42.0 Å². The van der Waals surface area contributed by atoms with Crippen LogP contribution in [-0.2, 0) is 6.61 Å². The van der Waals surface area contributed by atoms with Gasteiger partial charge in [-0.2, -0.15) is 0 Å². The molecule has 0 spiro atoms. The molecule has 1 heterocycles. The molecule has 4 aromatic rings. The van der Waals surface area contributed by atoms with Crippen molar-refractivity contribution in [3.05, 3.63) is 96.3 Å². The second kappa shape index (κ2) is 7.66. The van der Waals surface area contributed by atoms with Crippen LogP contribution in [0.15, 0.2) is 85.2 Å². The Bertz CT molecular complexity index is 1060. The van der Waals surface area contributed by atoms with E-state index in [1.54, 1.807) is 12.1 Å². The van der Waals surface area contributed by atoms with Crippen molar-refractivity contribution >= 4 is 22.5 Å². The zero-order valence-electron chi connectivity index (χ0n) is 14.5. The van der Waals surface area contributed by atoms with Gasteiger partial charge in [-0.25, -0.2) is 9.97 Å². The predicted octanol–water partition coefficient (Wildman–Crippen LogP) is 4.46. The van der Waals surface area contributed by atoms with Crippen molar-refractivity contribution < 1.29 is 9.53 Å². The molecule has 5 heteroatoms. The van der Waals surface area contributed by atoms with E-state index in [4.69, 9.17) is 4.74 Å². The largest absolute Gasteiger partial charge is 0.472 e. The summed E-state index contributed by atoms with van der Waals surface area (Å²) in [7, 11) is 0. The number of amides is 1. The lowest BCUT2D eigenvalue weighted by molar-refractivity contribution is 0.102. The van der Waals surface area contributed by atoms with Crippen molar-refractivity contribution in [2.45, 2.75) is 6.61 Å². The van der Waals surface area contributed by atoms with Gasteiger partial charge in [0, 0.05) is 11.3 Å². The Balaban J connectivity index is 1.42. The number of carbonyl (C=O) groups is 1. The second-order valence-corrected chi connectivity index (χ2v) is 6.00. The summed E-state index contributed by atoms with van der Waals surface area (Å²) in [5.74, 6) is 0.405. The number of aromatic nitrogens is 2. The highest BCUT2D eigenvalue weighted by molar-refractivity contribution is 6.04. The van der Waals surface area contributed by atoms with Gasteiger partial charge < -0.3 is 10.1 Å². The highest BCUT2D eigenvalue weighted by atomic mass is 16.5. The molecule has 4 rings (SSSR count).